The summed E-state index contributed by atoms with van der Waals surface area (Å²) < 4.78 is 37.5. The van der Waals surface area contributed by atoms with Crippen molar-refractivity contribution in [1.29, 1.82) is 0 Å². The van der Waals surface area contributed by atoms with Gasteiger partial charge in [-0.25, -0.2) is 9.97 Å². The molecule has 0 spiro atoms. The summed E-state index contributed by atoms with van der Waals surface area (Å²) in [5.74, 6) is 0.585. The molecule has 21 heavy (non-hydrogen) atoms. The van der Waals surface area contributed by atoms with Crippen LogP contribution in [-0.4, -0.2) is 36.1 Å². The van der Waals surface area contributed by atoms with Crippen molar-refractivity contribution in [3.8, 4) is 0 Å². The van der Waals surface area contributed by atoms with Gasteiger partial charge in [0.25, 0.3) is 0 Å². The fourth-order valence-corrected chi connectivity index (χ4v) is 2.94. The second kappa shape index (κ2) is 5.51. The second-order valence-corrected chi connectivity index (χ2v) is 5.56. The number of anilines is 2. The lowest BCUT2D eigenvalue weighted by atomic mass is 10.2. The van der Waals surface area contributed by atoms with Crippen molar-refractivity contribution in [3.63, 3.8) is 0 Å². The topological polar surface area (TPSA) is 32.3 Å². The predicted octanol–water partition coefficient (Wildman–Crippen LogP) is 2.88. The van der Waals surface area contributed by atoms with Gasteiger partial charge in [0.05, 0.1) is 5.56 Å². The van der Waals surface area contributed by atoms with E-state index < -0.39 is 11.7 Å². The van der Waals surface area contributed by atoms with Crippen molar-refractivity contribution in [2.24, 2.45) is 0 Å². The fourth-order valence-electron chi connectivity index (χ4n) is 2.24. The zero-order valence-electron chi connectivity index (χ0n) is 11.0. The lowest BCUT2D eigenvalue weighted by Gasteiger charge is -2.35. The molecule has 1 aliphatic rings. The standard InChI is InChI=1S/C13H13F3N4S/c14-13(15,16)10-1-2-11(18-9-10)19-4-6-20(7-5-19)12-17-3-8-21-12/h1-3,8-9H,4-7H2. The first-order chi connectivity index (χ1) is 10.0. The van der Waals surface area contributed by atoms with Gasteiger partial charge in [-0.2, -0.15) is 13.2 Å². The number of hydrogen-bond acceptors (Lipinski definition) is 5. The van der Waals surface area contributed by atoms with E-state index in [0.717, 1.165) is 43.6 Å². The third-order valence-electron chi connectivity index (χ3n) is 3.37. The maximum Gasteiger partial charge on any atom is 0.417 e. The molecule has 3 rings (SSSR count). The van der Waals surface area contributed by atoms with Gasteiger partial charge in [-0.1, -0.05) is 0 Å². The molecule has 2 aromatic rings. The molecular weight excluding hydrogens is 301 g/mol. The molecule has 0 atom stereocenters. The predicted molar refractivity (Wildman–Crippen MR) is 75.8 cm³/mol. The van der Waals surface area contributed by atoms with Gasteiger partial charge >= 0.3 is 6.18 Å². The normalized spacial score (nSPS) is 16.3. The minimum absolute atomic E-state index is 0.585. The van der Waals surface area contributed by atoms with Crippen LogP contribution in [0.4, 0.5) is 24.1 Å². The van der Waals surface area contributed by atoms with Crippen LogP contribution in [0.25, 0.3) is 0 Å². The van der Waals surface area contributed by atoms with E-state index in [4.69, 9.17) is 0 Å². The summed E-state index contributed by atoms with van der Waals surface area (Å²) in [6.45, 7) is 3.02. The van der Waals surface area contributed by atoms with Gasteiger partial charge < -0.3 is 9.80 Å². The fraction of sp³-hybridized carbons (Fsp3) is 0.385. The van der Waals surface area contributed by atoms with Crippen molar-refractivity contribution in [2.45, 2.75) is 6.18 Å². The molecule has 1 aliphatic heterocycles. The number of thiazole rings is 1. The summed E-state index contributed by atoms with van der Waals surface area (Å²) in [7, 11) is 0. The maximum atomic E-state index is 12.5. The minimum Gasteiger partial charge on any atom is -0.353 e. The Morgan fingerprint density at radius 2 is 1.71 bits per heavy atom. The van der Waals surface area contributed by atoms with E-state index in [1.807, 2.05) is 10.3 Å². The highest BCUT2D eigenvalue weighted by molar-refractivity contribution is 7.13. The SMILES string of the molecule is FC(F)(F)c1ccc(N2CCN(c3nccs3)CC2)nc1. The Morgan fingerprint density at radius 1 is 1.00 bits per heavy atom. The Hall–Kier alpha value is -1.83. The van der Waals surface area contributed by atoms with Crippen molar-refractivity contribution in [1.82, 2.24) is 9.97 Å². The van der Waals surface area contributed by atoms with E-state index in [2.05, 4.69) is 14.9 Å². The van der Waals surface area contributed by atoms with Crippen LogP contribution in [0.1, 0.15) is 5.56 Å². The van der Waals surface area contributed by atoms with Crippen molar-refractivity contribution >= 4 is 22.3 Å². The van der Waals surface area contributed by atoms with Crippen LogP contribution in [0.5, 0.6) is 0 Å². The van der Waals surface area contributed by atoms with Crippen LogP contribution < -0.4 is 9.80 Å². The molecular formula is C13H13F3N4S. The van der Waals surface area contributed by atoms with Crippen LogP contribution in [0.15, 0.2) is 29.9 Å². The van der Waals surface area contributed by atoms with E-state index in [-0.39, 0.29) is 0 Å². The zero-order chi connectivity index (χ0) is 14.9. The molecule has 0 saturated carbocycles. The van der Waals surface area contributed by atoms with E-state index in [1.165, 1.54) is 6.07 Å². The van der Waals surface area contributed by atoms with Gasteiger partial charge in [0.2, 0.25) is 0 Å². The Balaban J connectivity index is 1.64. The molecule has 0 unspecified atom stereocenters. The summed E-state index contributed by atoms with van der Waals surface area (Å²) in [5.41, 5.74) is -0.715. The largest absolute Gasteiger partial charge is 0.417 e. The van der Waals surface area contributed by atoms with E-state index >= 15 is 0 Å². The van der Waals surface area contributed by atoms with Crippen LogP contribution in [-0.2, 0) is 6.18 Å². The smallest absolute Gasteiger partial charge is 0.353 e. The number of hydrogen-bond donors (Lipinski definition) is 0. The van der Waals surface area contributed by atoms with Gasteiger partial charge in [-0.15, -0.1) is 11.3 Å². The van der Waals surface area contributed by atoms with Gasteiger partial charge in [0.15, 0.2) is 5.13 Å². The molecule has 0 amide bonds. The molecule has 0 radical (unpaired) electrons. The highest BCUT2D eigenvalue weighted by Gasteiger charge is 2.31. The lowest BCUT2D eigenvalue weighted by molar-refractivity contribution is -0.137. The maximum absolute atomic E-state index is 12.5. The first-order valence-corrected chi connectivity index (χ1v) is 7.34. The summed E-state index contributed by atoms with van der Waals surface area (Å²) in [4.78, 5) is 12.4. The molecule has 2 aromatic heterocycles. The number of alkyl halides is 3. The third-order valence-corrected chi connectivity index (χ3v) is 4.20. The van der Waals surface area contributed by atoms with Gasteiger partial charge in [-0.05, 0) is 12.1 Å². The van der Waals surface area contributed by atoms with E-state index in [0.29, 0.717) is 5.82 Å². The van der Waals surface area contributed by atoms with Gasteiger partial charge in [0.1, 0.15) is 5.82 Å². The van der Waals surface area contributed by atoms with Crippen LogP contribution in [0, 0.1) is 0 Å². The summed E-state index contributed by atoms with van der Waals surface area (Å²) in [5, 5.41) is 2.91. The third kappa shape index (κ3) is 3.10. The van der Waals surface area contributed by atoms with Crippen LogP contribution in [0.3, 0.4) is 0 Å². The summed E-state index contributed by atoms with van der Waals surface area (Å²) in [6.07, 6.45) is -1.68. The number of piperazine rings is 1. The number of pyridine rings is 1. The molecule has 0 aromatic carbocycles. The van der Waals surface area contributed by atoms with Crippen LogP contribution >= 0.6 is 11.3 Å². The molecule has 3 heterocycles. The first-order valence-electron chi connectivity index (χ1n) is 6.47. The van der Waals surface area contributed by atoms with E-state index in [1.54, 1.807) is 17.5 Å². The Bertz CT molecular complexity index is 574. The highest BCUT2D eigenvalue weighted by Crippen LogP contribution is 2.29. The number of halogens is 3. The quantitative estimate of drug-likeness (QED) is 0.853. The number of rotatable bonds is 2. The van der Waals surface area contributed by atoms with Crippen LogP contribution in [0.2, 0.25) is 0 Å². The molecule has 1 fully saturated rings. The molecule has 4 nitrogen and oxygen atoms in total. The van der Waals surface area contributed by atoms with Gasteiger partial charge in [0, 0.05) is 44.0 Å². The van der Waals surface area contributed by atoms with Crippen molar-refractivity contribution in [2.75, 3.05) is 36.0 Å². The molecule has 1 saturated heterocycles. The highest BCUT2D eigenvalue weighted by atomic mass is 32.1. The Labute approximate surface area is 123 Å². The summed E-state index contributed by atoms with van der Waals surface area (Å²) in [6, 6.07) is 2.51. The van der Waals surface area contributed by atoms with Crippen molar-refractivity contribution in [3.05, 3.63) is 35.5 Å². The zero-order valence-corrected chi connectivity index (χ0v) is 11.9. The minimum atomic E-state index is -4.34. The van der Waals surface area contributed by atoms with E-state index in [9.17, 15) is 13.2 Å². The number of nitrogens with zero attached hydrogens (tertiary/aromatic N) is 4. The lowest BCUT2D eigenvalue weighted by Crippen LogP contribution is -2.46. The molecule has 0 aliphatic carbocycles. The van der Waals surface area contributed by atoms with Crippen molar-refractivity contribution < 1.29 is 13.2 Å². The molecule has 0 N–H and O–H groups in total. The van der Waals surface area contributed by atoms with Gasteiger partial charge in [-0.3, -0.25) is 0 Å². The molecule has 112 valence electrons. The average molecular weight is 314 g/mol. The summed E-state index contributed by atoms with van der Waals surface area (Å²) >= 11 is 1.59. The number of aromatic nitrogens is 2. The molecule has 0 bridgehead atoms. The molecule has 8 heteroatoms. The Morgan fingerprint density at radius 3 is 2.24 bits per heavy atom. The average Bonchev–Trinajstić information content (AvgIpc) is 3.01. The first kappa shape index (κ1) is 14.1. The Kier molecular flexibility index (Phi) is 3.71. The monoisotopic (exact) mass is 314 g/mol. The second-order valence-electron chi connectivity index (χ2n) is 4.69.